The van der Waals surface area contributed by atoms with Crippen LogP contribution in [0.15, 0.2) is 24.3 Å². The summed E-state index contributed by atoms with van der Waals surface area (Å²) in [6, 6.07) is 6.81. The number of halogens is 1. The summed E-state index contributed by atoms with van der Waals surface area (Å²) in [4.78, 5) is 0. The Kier molecular flexibility index (Phi) is 3.56. The molecule has 0 aliphatic heterocycles. The molecule has 2 nitrogen and oxygen atoms in total. The lowest BCUT2D eigenvalue weighted by Crippen LogP contribution is -2.34. The van der Waals surface area contributed by atoms with Crippen LogP contribution in [0.2, 0.25) is 0 Å². The summed E-state index contributed by atoms with van der Waals surface area (Å²) in [5.41, 5.74) is 3.81. The van der Waals surface area contributed by atoms with Crippen LogP contribution in [0.5, 0.6) is 0 Å². The van der Waals surface area contributed by atoms with E-state index < -0.39 is 0 Å². The van der Waals surface area contributed by atoms with Crippen LogP contribution in [-0.4, -0.2) is 0 Å². The summed E-state index contributed by atoms with van der Waals surface area (Å²) in [6.07, 6.45) is 3.67. The standard InChI is InChI=1S/C13H19FN2/c1-9-4-2-7-12(9)13(16-15)10-5-3-6-11(14)8-10/h3,5-6,8-9,12-13,16H,2,4,7,15H2,1H3. The molecule has 88 valence electrons. The first-order chi connectivity index (χ1) is 7.72. The SMILES string of the molecule is CC1CCCC1C(NN)c1cccc(F)c1. The molecule has 1 aromatic rings. The molecule has 0 radical (unpaired) electrons. The maximum Gasteiger partial charge on any atom is 0.123 e. The largest absolute Gasteiger partial charge is 0.271 e. The molecule has 0 heterocycles. The summed E-state index contributed by atoms with van der Waals surface area (Å²) in [5.74, 6) is 6.61. The second-order valence-corrected chi connectivity index (χ2v) is 4.77. The summed E-state index contributed by atoms with van der Waals surface area (Å²) >= 11 is 0. The normalized spacial score (nSPS) is 26.9. The second-order valence-electron chi connectivity index (χ2n) is 4.77. The van der Waals surface area contributed by atoms with Gasteiger partial charge in [0.15, 0.2) is 0 Å². The fourth-order valence-electron chi connectivity index (χ4n) is 2.84. The van der Waals surface area contributed by atoms with E-state index in [4.69, 9.17) is 5.84 Å². The summed E-state index contributed by atoms with van der Waals surface area (Å²) in [6.45, 7) is 2.25. The van der Waals surface area contributed by atoms with Crippen molar-refractivity contribution in [2.45, 2.75) is 32.2 Å². The fraction of sp³-hybridized carbons (Fsp3) is 0.538. The van der Waals surface area contributed by atoms with Gasteiger partial charge in [-0.1, -0.05) is 31.9 Å². The molecule has 3 heteroatoms. The van der Waals surface area contributed by atoms with Gasteiger partial charge in [-0.05, 0) is 36.0 Å². The van der Waals surface area contributed by atoms with Crippen LogP contribution in [0.25, 0.3) is 0 Å². The molecule has 0 amide bonds. The average molecular weight is 222 g/mol. The van der Waals surface area contributed by atoms with Crippen LogP contribution in [-0.2, 0) is 0 Å². The summed E-state index contributed by atoms with van der Waals surface area (Å²) in [7, 11) is 0. The van der Waals surface area contributed by atoms with E-state index in [9.17, 15) is 4.39 Å². The highest BCUT2D eigenvalue weighted by Gasteiger charge is 2.31. The van der Waals surface area contributed by atoms with Crippen LogP contribution < -0.4 is 11.3 Å². The van der Waals surface area contributed by atoms with Gasteiger partial charge < -0.3 is 0 Å². The predicted molar refractivity (Wildman–Crippen MR) is 63.0 cm³/mol. The van der Waals surface area contributed by atoms with Crippen molar-refractivity contribution in [1.29, 1.82) is 0 Å². The van der Waals surface area contributed by atoms with Crippen molar-refractivity contribution in [1.82, 2.24) is 5.43 Å². The second kappa shape index (κ2) is 4.93. The third kappa shape index (κ3) is 2.25. The molecule has 1 aliphatic carbocycles. The monoisotopic (exact) mass is 222 g/mol. The Balaban J connectivity index is 2.21. The van der Waals surface area contributed by atoms with Gasteiger partial charge in [0.25, 0.3) is 0 Å². The van der Waals surface area contributed by atoms with Crippen LogP contribution in [0.3, 0.4) is 0 Å². The molecule has 16 heavy (non-hydrogen) atoms. The minimum absolute atomic E-state index is 0.0770. The molecule has 0 saturated heterocycles. The average Bonchev–Trinajstić information content (AvgIpc) is 2.67. The van der Waals surface area contributed by atoms with Crippen LogP contribution in [0.1, 0.15) is 37.8 Å². The van der Waals surface area contributed by atoms with E-state index in [0.29, 0.717) is 11.8 Å². The smallest absolute Gasteiger partial charge is 0.123 e. The Labute approximate surface area is 96.0 Å². The zero-order valence-corrected chi connectivity index (χ0v) is 9.62. The Bertz CT molecular complexity index is 354. The number of nitrogens with two attached hydrogens (primary N) is 1. The number of hydrazine groups is 1. The van der Waals surface area contributed by atoms with Crippen molar-refractivity contribution < 1.29 is 4.39 Å². The molecule has 2 rings (SSSR count). The van der Waals surface area contributed by atoms with Gasteiger partial charge in [0.1, 0.15) is 5.82 Å². The van der Waals surface area contributed by atoms with Gasteiger partial charge in [0.2, 0.25) is 0 Å². The quantitative estimate of drug-likeness (QED) is 0.609. The molecule has 3 unspecified atom stereocenters. The van der Waals surface area contributed by atoms with E-state index in [1.165, 1.54) is 25.3 Å². The van der Waals surface area contributed by atoms with E-state index in [0.717, 1.165) is 5.56 Å². The minimum Gasteiger partial charge on any atom is -0.271 e. The van der Waals surface area contributed by atoms with Crippen LogP contribution >= 0.6 is 0 Å². The zero-order chi connectivity index (χ0) is 11.5. The molecule has 3 atom stereocenters. The van der Waals surface area contributed by atoms with Crippen LogP contribution in [0, 0.1) is 17.7 Å². The molecule has 0 bridgehead atoms. The molecule has 1 fully saturated rings. The first kappa shape index (κ1) is 11.6. The third-order valence-corrected chi connectivity index (χ3v) is 3.74. The highest BCUT2D eigenvalue weighted by Crippen LogP contribution is 2.39. The minimum atomic E-state index is -0.191. The summed E-state index contributed by atoms with van der Waals surface area (Å²) in [5, 5.41) is 0. The van der Waals surface area contributed by atoms with Gasteiger partial charge in [-0.15, -0.1) is 0 Å². The molecule has 0 aromatic heterocycles. The molecule has 1 saturated carbocycles. The van der Waals surface area contributed by atoms with Gasteiger partial charge in [-0.3, -0.25) is 11.3 Å². The van der Waals surface area contributed by atoms with Crippen molar-refractivity contribution in [3.63, 3.8) is 0 Å². The van der Waals surface area contributed by atoms with Gasteiger partial charge in [0, 0.05) is 6.04 Å². The Morgan fingerprint density at radius 3 is 2.81 bits per heavy atom. The van der Waals surface area contributed by atoms with Crippen molar-refractivity contribution >= 4 is 0 Å². The van der Waals surface area contributed by atoms with E-state index in [-0.39, 0.29) is 11.9 Å². The van der Waals surface area contributed by atoms with Crippen molar-refractivity contribution in [2.24, 2.45) is 17.7 Å². The zero-order valence-electron chi connectivity index (χ0n) is 9.62. The molecular formula is C13H19FN2. The molecule has 3 N–H and O–H groups in total. The molecule has 1 aromatic carbocycles. The molecule has 1 aliphatic rings. The first-order valence-electron chi connectivity index (χ1n) is 5.94. The Hall–Kier alpha value is -0.930. The van der Waals surface area contributed by atoms with Crippen molar-refractivity contribution in [3.8, 4) is 0 Å². The fourth-order valence-corrected chi connectivity index (χ4v) is 2.84. The number of nitrogens with one attached hydrogen (secondary N) is 1. The Morgan fingerprint density at radius 1 is 1.44 bits per heavy atom. The van der Waals surface area contributed by atoms with Gasteiger partial charge in [-0.2, -0.15) is 0 Å². The maximum absolute atomic E-state index is 13.2. The van der Waals surface area contributed by atoms with Crippen molar-refractivity contribution in [2.75, 3.05) is 0 Å². The lowest BCUT2D eigenvalue weighted by molar-refractivity contribution is 0.304. The van der Waals surface area contributed by atoms with Crippen LogP contribution in [0.4, 0.5) is 4.39 Å². The van der Waals surface area contributed by atoms with E-state index >= 15 is 0 Å². The van der Waals surface area contributed by atoms with Gasteiger partial charge in [0.05, 0.1) is 0 Å². The molecule has 0 spiro atoms. The number of benzene rings is 1. The first-order valence-corrected chi connectivity index (χ1v) is 5.94. The van der Waals surface area contributed by atoms with E-state index in [2.05, 4.69) is 12.3 Å². The number of hydrogen-bond acceptors (Lipinski definition) is 2. The van der Waals surface area contributed by atoms with E-state index in [1.807, 2.05) is 6.07 Å². The van der Waals surface area contributed by atoms with Gasteiger partial charge in [-0.25, -0.2) is 4.39 Å². The Morgan fingerprint density at radius 2 is 2.25 bits per heavy atom. The lowest BCUT2D eigenvalue weighted by Gasteiger charge is -2.26. The lowest BCUT2D eigenvalue weighted by atomic mass is 9.86. The van der Waals surface area contributed by atoms with E-state index in [1.54, 1.807) is 12.1 Å². The number of rotatable bonds is 3. The molecular weight excluding hydrogens is 203 g/mol. The predicted octanol–water partition coefficient (Wildman–Crippen LogP) is 2.77. The van der Waals surface area contributed by atoms with Crippen molar-refractivity contribution in [3.05, 3.63) is 35.6 Å². The highest BCUT2D eigenvalue weighted by molar-refractivity contribution is 5.21. The van der Waals surface area contributed by atoms with Gasteiger partial charge >= 0.3 is 0 Å². The number of hydrogen-bond donors (Lipinski definition) is 2. The third-order valence-electron chi connectivity index (χ3n) is 3.74. The maximum atomic E-state index is 13.2. The topological polar surface area (TPSA) is 38.0 Å². The highest BCUT2D eigenvalue weighted by atomic mass is 19.1. The summed E-state index contributed by atoms with van der Waals surface area (Å²) < 4.78 is 13.2.